The second-order valence-corrected chi connectivity index (χ2v) is 13.4. The number of amides is 2. The van der Waals surface area contributed by atoms with Gasteiger partial charge in [0.25, 0.3) is 0 Å². The first-order valence-corrected chi connectivity index (χ1v) is 14.9. The van der Waals surface area contributed by atoms with E-state index in [0.717, 1.165) is 44.4 Å². The van der Waals surface area contributed by atoms with Gasteiger partial charge in [-0.3, -0.25) is 9.80 Å². The predicted octanol–water partition coefficient (Wildman–Crippen LogP) is 8.99. The second-order valence-electron chi connectivity index (χ2n) is 13.4. The van der Waals surface area contributed by atoms with Gasteiger partial charge in [0.05, 0.1) is 13.1 Å². The molecular formula is C36H46N4O4. The minimum absolute atomic E-state index is 0. The summed E-state index contributed by atoms with van der Waals surface area (Å²) in [6, 6.07) is 19.9. The highest BCUT2D eigenvalue weighted by Gasteiger charge is 2.26. The Morgan fingerprint density at radius 3 is 1.30 bits per heavy atom. The van der Waals surface area contributed by atoms with Crippen LogP contribution in [0, 0.1) is 27.7 Å². The number of anilines is 2. The summed E-state index contributed by atoms with van der Waals surface area (Å²) in [5.74, 6) is 1.10. The van der Waals surface area contributed by atoms with Crippen molar-refractivity contribution in [2.24, 2.45) is 0 Å². The first-order chi connectivity index (χ1) is 20.5. The quantitative estimate of drug-likeness (QED) is 0.220. The van der Waals surface area contributed by atoms with Crippen molar-refractivity contribution >= 4 is 34.6 Å². The molecule has 4 rings (SSSR count). The standard InChI is InChI=1S/C36H44N4O4.H2/c1-23-15-25(3)37-31(17-23)39(33(41)43-35(5,6)7)21-27-11-13-30-20-28(12-14-29(30)19-27)22-40(34(42)44-36(8,9)10)32-18-24(2)16-26(4)38-32;/h11-20H,21-22H2,1-10H3;1H. The average molecular weight is 599 g/mol. The third kappa shape index (κ3) is 8.78. The minimum atomic E-state index is -0.645. The number of carbonyl (C=O) groups is 2. The molecule has 0 aliphatic rings. The van der Waals surface area contributed by atoms with Gasteiger partial charge in [-0.05, 0) is 139 Å². The van der Waals surface area contributed by atoms with E-state index in [4.69, 9.17) is 9.47 Å². The van der Waals surface area contributed by atoms with E-state index in [1.165, 1.54) is 0 Å². The van der Waals surface area contributed by atoms with E-state index < -0.39 is 23.4 Å². The highest BCUT2D eigenvalue weighted by atomic mass is 16.6. The van der Waals surface area contributed by atoms with Gasteiger partial charge in [0.1, 0.15) is 22.8 Å². The second kappa shape index (κ2) is 12.6. The highest BCUT2D eigenvalue weighted by molar-refractivity contribution is 5.89. The summed E-state index contributed by atoms with van der Waals surface area (Å²) in [5, 5.41) is 2.02. The van der Waals surface area contributed by atoms with Crippen LogP contribution in [0.25, 0.3) is 10.8 Å². The molecule has 0 bridgehead atoms. The molecule has 4 aromatic rings. The van der Waals surface area contributed by atoms with Crippen molar-refractivity contribution in [2.75, 3.05) is 9.80 Å². The number of fused-ring (bicyclic) bond motifs is 1. The van der Waals surface area contributed by atoms with Crippen molar-refractivity contribution in [1.82, 2.24) is 9.97 Å². The Bertz CT molecular complexity index is 1530. The Hall–Kier alpha value is -4.46. The zero-order chi connectivity index (χ0) is 32.4. The number of aryl methyl sites for hydroxylation is 4. The number of carbonyl (C=O) groups excluding carboxylic acids is 2. The van der Waals surface area contributed by atoms with E-state index in [2.05, 4.69) is 22.1 Å². The van der Waals surface area contributed by atoms with Gasteiger partial charge >= 0.3 is 12.2 Å². The van der Waals surface area contributed by atoms with Crippen molar-refractivity contribution < 1.29 is 20.5 Å². The fourth-order valence-corrected chi connectivity index (χ4v) is 4.94. The van der Waals surface area contributed by atoms with E-state index in [1.54, 1.807) is 9.80 Å². The van der Waals surface area contributed by atoms with Gasteiger partial charge in [0.2, 0.25) is 0 Å². The van der Waals surface area contributed by atoms with Crippen LogP contribution in [0.15, 0.2) is 60.7 Å². The largest absolute Gasteiger partial charge is 0.443 e. The van der Waals surface area contributed by atoms with Crippen LogP contribution in [-0.2, 0) is 22.6 Å². The maximum atomic E-state index is 13.3. The molecule has 234 valence electrons. The van der Waals surface area contributed by atoms with Crippen LogP contribution in [-0.4, -0.2) is 33.4 Å². The van der Waals surface area contributed by atoms with E-state index in [-0.39, 0.29) is 1.43 Å². The number of hydrogen-bond donors (Lipinski definition) is 0. The zero-order valence-electron chi connectivity index (χ0n) is 27.6. The lowest BCUT2D eigenvalue weighted by atomic mass is 10.0. The molecule has 0 spiro atoms. The molecule has 8 heteroatoms. The van der Waals surface area contributed by atoms with Crippen LogP contribution < -0.4 is 9.80 Å². The van der Waals surface area contributed by atoms with Crippen LogP contribution in [0.3, 0.4) is 0 Å². The number of hydrogen-bond acceptors (Lipinski definition) is 6. The Morgan fingerprint density at radius 2 is 0.977 bits per heavy atom. The highest BCUT2D eigenvalue weighted by Crippen LogP contribution is 2.26. The molecule has 8 nitrogen and oxygen atoms in total. The molecule has 2 heterocycles. The topological polar surface area (TPSA) is 84.9 Å². The number of nitrogens with zero attached hydrogens (tertiary/aromatic N) is 4. The Kier molecular flexibility index (Phi) is 9.33. The monoisotopic (exact) mass is 598 g/mol. The number of rotatable bonds is 6. The lowest BCUT2D eigenvalue weighted by Crippen LogP contribution is -2.37. The van der Waals surface area contributed by atoms with Gasteiger partial charge in [-0.25, -0.2) is 19.6 Å². The van der Waals surface area contributed by atoms with Gasteiger partial charge in [0.15, 0.2) is 0 Å². The lowest BCUT2D eigenvalue weighted by Gasteiger charge is -2.27. The summed E-state index contributed by atoms with van der Waals surface area (Å²) in [5.41, 5.74) is 4.28. The third-order valence-corrected chi connectivity index (χ3v) is 6.60. The van der Waals surface area contributed by atoms with Gasteiger partial charge in [-0.15, -0.1) is 0 Å². The first kappa shape index (κ1) is 32.5. The maximum Gasteiger partial charge on any atom is 0.416 e. The lowest BCUT2D eigenvalue weighted by molar-refractivity contribution is 0.0565. The fourth-order valence-electron chi connectivity index (χ4n) is 4.94. The predicted molar refractivity (Wildman–Crippen MR) is 178 cm³/mol. The zero-order valence-corrected chi connectivity index (χ0v) is 27.6. The molecule has 0 unspecified atom stereocenters. The molecule has 0 radical (unpaired) electrons. The summed E-state index contributed by atoms with van der Waals surface area (Å²) < 4.78 is 11.5. The Morgan fingerprint density at radius 1 is 0.614 bits per heavy atom. The van der Waals surface area contributed by atoms with Gasteiger partial charge in [0, 0.05) is 12.8 Å². The summed E-state index contributed by atoms with van der Waals surface area (Å²) in [6.45, 7) is 19.5. The molecule has 0 atom stereocenters. The van der Waals surface area contributed by atoms with Crippen molar-refractivity contribution in [3.8, 4) is 0 Å². The van der Waals surface area contributed by atoms with E-state index in [9.17, 15) is 9.59 Å². The summed E-state index contributed by atoms with van der Waals surface area (Å²) >= 11 is 0. The van der Waals surface area contributed by atoms with Crippen LogP contribution in [0.5, 0.6) is 0 Å². The molecular weight excluding hydrogens is 552 g/mol. The van der Waals surface area contributed by atoms with Gasteiger partial charge < -0.3 is 9.47 Å². The van der Waals surface area contributed by atoms with E-state index in [1.807, 2.05) is 118 Å². The molecule has 0 saturated heterocycles. The Balaban J connectivity index is 0.00000552. The van der Waals surface area contributed by atoms with Crippen molar-refractivity contribution in [3.05, 3.63) is 94.3 Å². The SMILES string of the molecule is Cc1cc(C)nc(N(Cc2ccc3cc(CN(C(=O)OC(C)(C)C)c4cc(C)cc(C)n4)ccc3c2)C(=O)OC(C)(C)C)c1.[HH]. The van der Waals surface area contributed by atoms with E-state index >= 15 is 0 Å². The smallest absolute Gasteiger partial charge is 0.416 e. The molecule has 0 N–H and O–H groups in total. The van der Waals surface area contributed by atoms with Crippen LogP contribution in [0.4, 0.5) is 21.2 Å². The minimum Gasteiger partial charge on any atom is -0.443 e. The molecule has 2 aromatic heterocycles. The number of ether oxygens (including phenoxy) is 2. The summed E-state index contributed by atoms with van der Waals surface area (Å²) in [6.07, 6.45) is -0.902. The Labute approximate surface area is 262 Å². The fraction of sp³-hybridized carbons (Fsp3) is 0.389. The molecule has 0 aliphatic heterocycles. The third-order valence-electron chi connectivity index (χ3n) is 6.60. The summed E-state index contributed by atoms with van der Waals surface area (Å²) in [7, 11) is 0. The van der Waals surface area contributed by atoms with E-state index in [0.29, 0.717) is 24.7 Å². The maximum absolute atomic E-state index is 13.3. The summed E-state index contributed by atoms with van der Waals surface area (Å²) in [4.78, 5) is 39.1. The first-order valence-electron chi connectivity index (χ1n) is 14.9. The van der Waals surface area contributed by atoms with Crippen LogP contribution in [0.2, 0.25) is 0 Å². The molecule has 0 aliphatic carbocycles. The molecule has 2 aromatic carbocycles. The van der Waals surface area contributed by atoms with Gasteiger partial charge in [-0.2, -0.15) is 0 Å². The van der Waals surface area contributed by atoms with Crippen molar-refractivity contribution in [2.45, 2.75) is 93.5 Å². The van der Waals surface area contributed by atoms with Crippen molar-refractivity contribution in [1.29, 1.82) is 0 Å². The van der Waals surface area contributed by atoms with Crippen LogP contribution >= 0.6 is 0 Å². The molecule has 44 heavy (non-hydrogen) atoms. The number of benzene rings is 2. The average Bonchev–Trinajstić information content (AvgIpc) is 2.87. The van der Waals surface area contributed by atoms with Gasteiger partial charge in [-0.1, -0.05) is 24.3 Å². The number of aromatic nitrogens is 2. The normalized spacial score (nSPS) is 11.8. The molecule has 2 amide bonds. The molecule has 0 fully saturated rings. The van der Waals surface area contributed by atoms with Crippen LogP contribution in [0.1, 0.15) is 76.6 Å². The van der Waals surface area contributed by atoms with Crippen molar-refractivity contribution in [3.63, 3.8) is 0 Å². The number of pyridine rings is 2. The molecule has 0 saturated carbocycles.